The molecule has 2 aromatic rings. The molecule has 21 heavy (non-hydrogen) atoms. The van der Waals surface area contributed by atoms with Gasteiger partial charge in [0.15, 0.2) is 0 Å². The van der Waals surface area contributed by atoms with Crippen molar-refractivity contribution >= 4 is 23.2 Å². The van der Waals surface area contributed by atoms with Crippen molar-refractivity contribution in [1.29, 1.82) is 0 Å². The van der Waals surface area contributed by atoms with Crippen molar-refractivity contribution in [2.45, 2.75) is 19.4 Å². The lowest BCUT2D eigenvalue weighted by Crippen LogP contribution is -2.23. The minimum Gasteiger partial charge on any atom is -0.496 e. The summed E-state index contributed by atoms with van der Waals surface area (Å²) < 4.78 is 5.43. The summed E-state index contributed by atoms with van der Waals surface area (Å²) in [5.74, 6) is 0.903. The zero-order valence-electron chi connectivity index (χ0n) is 12.2. The highest BCUT2D eigenvalue weighted by molar-refractivity contribution is 6.42. The van der Waals surface area contributed by atoms with Crippen LogP contribution >= 0.6 is 23.2 Å². The summed E-state index contributed by atoms with van der Waals surface area (Å²) in [6, 6.07) is 14.0. The van der Waals surface area contributed by atoms with Gasteiger partial charge >= 0.3 is 0 Å². The molecule has 1 atom stereocenters. The maximum absolute atomic E-state index is 6.14. The van der Waals surface area contributed by atoms with Crippen molar-refractivity contribution < 1.29 is 4.74 Å². The summed E-state index contributed by atoms with van der Waals surface area (Å²) in [5, 5.41) is 4.65. The second-order valence-electron chi connectivity index (χ2n) is 4.80. The van der Waals surface area contributed by atoms with Crippen LogP contribution in [0.2, 0.25) is 10.0 Å². The summed E-state index contributed by atoms with van der Waals surface area (Å²) >= 11 is 12.1. The predicted molar refractivity (Wildman–Crippen MR) is 89.6 cm³/mol. The normalized spacial score (nSPS) is 12.2. The third kappa shape index (κ3) is 4.13. The second-order valence-corrected chi connectivity index (χ2v) is 5.61. The predicted octanol–water partition coefficient (Wildman–Crippen LogP) is 4.90. The molecule has 0 aromatic heterocycles. The zero-order chi connectivity index (χ0) is 15.2. The van der Waals surface area contributed by atoms with Crippen LogP contribution in [0.1, 0.15) is 24.1 Å². The van der Waals surface area contributed by atoms with Crippen LogP contribution in [-0.4, -0.2) is 13.7 Å². The first-order chi connectivity index (χ1) is 10.2. The first-order valence-corrected chi connectivity index (χ1v) is 7.71. The van der Waals surface area contributed by atoms with Gasteiger partial charge in [0, 0.05) is 6.04 Å². The van der Waals surface area contributed by atoms with Gasteiger partial charge in [-0.15, -0.1) is 0 Å². The van der Waals surface area contributed by atoms with E-state index in [0.29, 0.717) is 10.0 Å². The Morgan fingerprint density at radius 3 is 2.52 bits per heavy atom. The first-order valence-electron chi connectivity index (χ1n) is 6.96. The SMILES string of the molecule is CCNC(Cc1ccccc1OC)c1ccc(Cl)c(Cl)c1. The number of rotatable bonds is 6. The van der Waals surface area contributed by atoms with Crippen LogP contribution in [0, 0.1) is 0 Å². The fourth-order valence-electron chi connectivity index (χ4n) is 2.37. The summed E-state index contributed by atoms with van der Waals surface area (Å²) in [6.07, 6.45) is 0.829. The van der Waals surface area contributed by atoms with Gasteiger partial charge in [0.05, 0.1) is 17.2 Å². The third-order valence-corrected chi connectivity index (χ3v) is 4.15. The Morgan fingerprint density at radius 1 is 1.10 bits per heavy atom. The molecule has 112 valence electrons. The van der Waals surface area contributed by atoms with Gasteiger partial charge in [0.1, 0.15) is 5.75 Å². The van der Waals surface area contributed by atoms with Gasteiger partial charge in [0.25, 0.3) is 0 Å². The molecule has 0 radical (unpaired) electrons. The lowest BCUT2D eigenvalue weighted by Gasteiger charge is -2.20. The minimum absolute atomic E-state index is 0.168. The number of ether oxygens (including phenoxy) is 1. The Labute approximate surface area is 136 Å². The molecule has 0 saturated heterocycles. The molecule has 0 spiro atoms. The van der Waals surface area contributed by atoms with E-state index < -0.39 is 0 Å². The Balaban J connectivity index is 2.28. The molecule has 0 fully saturated rings. The molecule has 1 unspecified atom stereocenters. The van der Waals surface area contributed by atoms with E-state index in [1.807, 2.05) is 36.4 Å². The van der Waals surface area contributed by atoms with Gasteiger partial charge in [-0.3, -0.25) is 0 Å². The van der Waals surface area contributed by atoms with Crippen LogP contribution in [0.4, 0.5) is 0 Å². The lowest BCUT2D eigenvalue weighted by molar-refractivity contribution is 0.405. The quantitative estimate of drug-likeness (QED) is 0.816. The van der Waals surface area contributed by atoms with Crippen molar-refractivity contribution in [2.75, 3.05) is 13.7 Å². The Hall–Kier alpha value is -1.22. The lowest BCUT2D eigenvalue weighted by atomic mass is 9.98. The topological polar surface area (TPSA) is 21.3 Å². The molecule has 0 amide bonds. The Bertz CT molecular complexity index is 601. The fourth-order valence-corrected chi connectivity index (χ4v) is 2.68. The number of nitrogens with one attached hydrogen (secondary N) is 1. The molecule has 2 rings (SSSR count). The molecule has 0 aliphatic heterocycles. The first kappa shape index (κ1) is 16.2. The summed E-state index contributed by atoms with van der Waals surface area (Å²) in [6.45, 7) is 2.97. The van der Waals surface area contributed by atoms with E-state index in [1.54, 1.807) is 7.11 Å². The van der Waals surface area contributed by atoms with E-state index in [0.717, 1.165) is 29.8 Å². The average Bonchev–Trinajstić information content (AvgIpc) is 2.50. The standard InChI is InChI=1S/C17H19Cl2NO/c1-3-20-16(12-8-9-14(18)15(19)10-12)11-13-6-4-5-7-17(13)21-2/h4-10,16,20H,3,11H2,1-2H3. The number of likely N-dealkylation sites (N-methyl/N-ethyl adjacent to an activating group) is 1. The van der Waals surface area contributed by atoms with Crippen LogP contribution in [0.3, 0.4) is 0 Å². The monoisotopic (exact) mass is 323 g/mol. The van der Waals surface area contributed by atoms with Crippen molar-refractivity contribution in [3.63, 3.8) is 0 Å². The van der Waals surface area contributed by atoms with Crippen LogP contribution in [-0.2, 0) is 6.42 Å². The molecule has 0 saturated carbocycles. The molecule has 0 bridgehead atoms. The average molecular weight is 324 g/mol. The Morgan fingerprint density at radius 2 is 1.86 bits per heavy atom. The van der Waals surface area contributed by atoms with Crippen molar-refractivity contribution in [3.8, 4) is 5.75 Å². The third-order valence-electron chi connectivity index (χ3n) is 3.41. The number of halogens is 2. The molecule has 2 nitrogen and oxygen atoms in total. The largest absolute Gasteiger partial charge is 0.496 e. The molecule has 1 N–H and O–H groups in total. The molecule has 2 aromatic carbocycles. The van der Waals surface area contributed by atoms with Gasteiger partial charge in [-0.2, -0.15) is 0 Å². The van der Waals surface area contributed by atoms with Crippen LogP contribution < -0.4 is 10.1 Å². The van der Waals surface area contributed by atoms with Crippen molar-refractivity contribution in [1.82, 2.24) is 5.32 Å². The molecular formula is C17H19Cl2NO. The highest BCUT2D eigenvalue weighted by atomic mass is 35.5. The zero-order valence-corrected chi connectivity index (χ0v) is 13.7. The van der Waals surface area contributed by atoms with Crippen LogP contribution in [0.5, 0.6) is 5.75 Å². The van der Waals surface area contributed by atoms with Gasteiger partial charge < -0.3 is 10.1 Å². The van der Waals surface area contributed by atoms with Crippen molar-refractivity contribution in [2.24, 2.45) is 0 Å². The van der Waals surface area contributed by atoms with E-state index >= 15 is 0 Å². The van der Waals surface area contributed by atoms with Gasteiger partial charge in [-0.25, -0.2) is 0 Å². The van der Waals surface area contributed by atoms with Gasteiger partial charge in [-0.1, -0.05) is 54.4 Å². The van der Waals surface area contributed by atoms with Crippen molar-refractivity contribution in [3.05, 3.63) is 63.6 Å². The molecule has 0 aliphatic rings. The minimum atomic E-state index is 0.168. The molecular weight excluding hydrogens is 305 g/mol. The highest BCUT2D eigenvalue weighted by Crippen LogP contribution is 2.29. The van der Waals surface area contributed by atoms with E-state index in [1.165, 1.54) is 0 Å². The highest BCUT2D eigenvalue weighted by Gasteiger charge is 2.15. The number of methoxy groups -OCH3 is 1. The number of hydrogen-bond donors (Lipinski definition) is 1. The molecule has 0 heterocycles. The maximum atomic E-state index is 6.14. The van der Waals surface area contributed by atoms with Gasteiger partial charge in [0.2, 0.25) is 0 Å². The van der Waals surface area contributed by atoms with Crippen LogP contribution in [0.15, 0.2) is 42.5 Å². The van der Waals surface area contributed by atoms with E-state index in [2.05, 4.69) is 18.3 Å². The Kier molecular flexibility index (Phi) is 5.92. The van der Waals surface area contributed by atoms with E-state index in [-0.39, 0.29) is 6.04 Å². The number of hydrogen-bond acceptors (Lipinski definition) is 2. The summed E-state index contributed by atoms with van der Waals surface area (Å²) in [5.41, 5.74) is 2.29. The summed E-state index contributed by atoms with van der Waals surface area (Å²) in [4.78, 5) is 0. The molecule has 4 heteroatoms. The number of benzene rings is 2. The molecule has 0 aliphatic carbocycles. The summed E-state index contributed by atoms with van der Waals surface area (Å²) in [7, 11) is 1.69. The fraction of sp³-hybridized carbons (Fsp3) is 0.294. The number of para-hydroxylation sites is 1. The van der Waals surface area contributed by atoms with E-state index in [4.69, 9.17) is 27.9 Å². The second kappa shape index (κ2) is 7.69. The maximum Gasteiger partial charge on any atom is 0.122 e. The van der Waals surface area contributed by atoms with Gasteiger partial charge in [-0.05, 0) is 42.3 Å². The van der Waals surface area contributed by atoms with Crippen LogP contribution in [0.25, 0.3) is 0 Å². The smallest absolute Gasteiger partial charge is 0.122 e. The van der Waals surface area contributed by atoms with E-state index in [9.17, 15) is 0 Å².